The lowest BCUT2D eigenvalue weighted by atomic mass is 10.1. The van der Waals surface area contributed by atoms with E-state index in [1.54, 1.807) is 42.1 Å². The van der Waals surface area contributed by atoms with Crippen LogP contribution in [-0.4, -0.2) is 102 Å². The van der Waals surface area contributed by atoms with Crippen LogP contribution >= 0.6 is 0 Å². The Morgan fingerprint density at radius 2 is 1.79 bits per heavy atom. The summed E-state index contributed by atoms with van der Waals surface area (Å²) in [6, 6.07) is 10.3. The molecule has 5 rings (SSSR count). The van der Waals surface area contributed by atoms with Gasteiger partial charge in [-0.3, -0.25) is 14.4 Å². The molecule has 1 fully saturated rings. The van der Waals surface area contributed by atoms with E-state index in [1.165, 1.54) is 43.5 Å². The van der Waals surface area contributed by atoms with Gasteiger partial charge in [0.25, 0.3) is 5.91 Å². The minimum atomic E-state index is -0.993. The molecule has 4 atom stereocenters. The lowest BCUT2D eigenvalue weighted by Crippen LogP contribution is -2.57. The van der Waals surface area contributed by atoms with E-state index in [-0.39, 0.29) is 43.2 Å². The highest BCUT2D eigenvalue weighted by Crippen LogP contribution is 2.27. The Hall–Kier alpha value is -4.36. The van der Waals surface area contributed by atoms with E-state index in [4.69, 9.17) is 9.47 Å². The van der Waals surface area contributed by atoms with Crippen molar-refractivity contribution >= 4 is 17.7 Å². The molecule has 13 heteroatoms. The Balaban J connectivity index is 1.42. The third-order valence-corrected chi connectivity index (χ3v) is 8.72. The molecular formula is C34H42F2N6O5. The molecule has 252 valence electrons. The highest BCUT2D eigenvalue weighted by atomic mass is 19.1. The first-order valence-corrected chi connectivity index (χ1v) is 15.9. The van der Waals surface area contributed by atoms with Crippen LogP contribution in [-0.2, 0) is 33.7 Å². The molecule has 3 aromatic rings. The number of ether oxygens (including phenoxy) is 2. The molecule has 0 bridgehead atoms. The van der Waals surface area contributed by atoms with Crippen molar-refractivity contribution in [3.63, 3.8) is 0 Å². The van der Waals surface area contributed by atoms with Gasteiger partial charge in [-0.1, -0.05) is 12.1 Å². The fourth-order valence-corrected chi connectivity index (χ4v) is 6.15. The summed E-state index contributed by atoms with van der Waals surface area (Å²) in [4.78, 5) is 48.8. The second-order valence-corrected chi connectivity index (χ2v) is 12.1. The van der Waals surface area contributed by atoms with E-state index in [1.807, 2.05) is 4.57 Å². The zero-order valence-electron chi connectivity index (χ0n) is 27.0. The topological polar surface area (TPSA) is 118 Å². The molecule has 3 amide bonds. The first-order valence-electron chi connectivity index (χ1n) is 15.9. The molecular weight excluding hydrogens is 610 g/mol. The molecule has 0 aliphatic carbocycles. The fraction of sp³-hybridized carbons (Fsp3) is 0.471. The molecule has 0 spiro atoms. The number of fused-ring (bicyclic) bond motifs is 1. The normalized spacial score (nSPS) is 18.4. The van der Waals surface area contributed by atoms with E-state index in [2.05, 4.69) is 15.6 Å². The maximum absolute atomic E-state index is 14.2. The first-order chi connectivity index (χ1) is 22.6. The number of hydrogen-bond acceptors (Lipinski definition) is 7. The summed E-state index contributed by atoms with van der Waals surface area (Å²) in [5.41, 5.74) is 1.19. The Morgan fingerprint density at radius 1 is 1.09 bits per heavy atom. The second-order valence-electron chi connectivity index (χ2n) is 12.1. The van der Waals surface area contributed by atoms with E-state index in [0.29, 0.717) is 30.8 Å². The summed E-state index contributed by atoms with van der Waals surface area (Å²) in [5.74, 6) is -0.430. The number of imidazole rings is 1. The Labute approximate surface area is 273 Å². The Kier molecular flexibility index (Phi) is 11.2. The predicted molar refractivity (Wildman–Crippen MR) is 170 cm³/mol. The summed E-state index contributed by atoms with van der Waals surface area (Å²) in [7, 11) is 3.10. The Morgan fingerprint density at radius 3 is 2.45 bits per heavy atom. The summed E-state index contributed by atoms with van der Waals surface area (Å²) in [6.07, 6.45) is 3.28. The van der Waals surface area contributed by atoms with Gasteiger partial charge in [0.15, 0.2) is 0 Å². The van der Waals surface area contributed by atoms with Crippen LogP contribution in [0.4, 0.5) is 8.78 Å². The standard InChI is InChI=1S/C34H42F2N6O5/c1-22(46-3)32(39-31(43)18-37-2)34(45)42-20-28(47-27-12-10-25(36)11-13-27)17-26(42)19-41(16-14-23-6-8-24(35)9-7-23)33(44)29-21-40-15-4-5-30(40)38-29/h6-13,21-22,26,28,32,37H,4-5,14-20H2,1-3H3,(H,39,43). The van der Waals surface area contributed by atoms with Gasteiger partial charge in [0.1, 0.15) is 41.0 Å². The average molecular weight is 653 g/mol. The van der Waals surface area contributed by atoms with Crippen molar-refractivity contribution in [3.05, 3.63) is 83.4 Å². The number of aromatic nitrogens is 2. The van der Waals surface area contributed by atoms with Gasteiger partial charge in [-0.25, -0.2) is 13.8 Å². The number of hydrogen-bond donors (Lipinski definition) is 2. The van der Waals surface area contributed by atoms with Crippen molar-refractivity contribution in [2.24, 2.45) is 0 Å². The minimum absolute atomic E-state index is 0.0141. The van der Waals surface area contributed by atoms with Gasteiger partial charge in [-0.15, -0.1) is 0 Å². The van der Waals surface area contributed by atoms with Gasteiger partial charge in [-0.05, 0) is 68.8 Å². The van der Waals surface area contributed by atoms with Crippen LogP contribution in [0.1, 0.15) is 41.6 Å². The van der Waals surface area contributed by atoms with Crippen LogP contribution in [0.3, 0.4) is 0 Å². The quantitative estimate of drug-likeness (QED) is 0.275. The van der Waals surface area contributed by atoms with Crippen LogP contribution in [0.15, 0.2) is 54.7 Å². The van der Waals surface area contributed by atoms with Crippen LogP contribution in [0.25, 0.3) is 0 Å². The highest BCUT2D eigenvalue weighted by Gasteiger charge is 2.42. The molecule has 11 nitrogen and oxygen atoms in total. The van der Waals surface area contributed by atoms with Gasteiger partial charge < -0.3 is 34.5 Å². The summed E-state index contributed by atoms with van der Waals surface area (Å²) in [6.45, 7) is 3.16. The fourth-order valence-electron chi connectivity index (χ4n) is 6.15. The average Bonchev–Trinajstić information content (AvgIpc) is 3.79. The zero-order chi connectivity index (χ0) is 33.5. The summed E-state index contributed by atoms with van der Waals surface area (Å²) >= 11 is 0. The number of halogens is 2. The lowest BCUT2D eigenvalue weighted by Gasteiger charge is -2.34. The van der Waals surface area contributed by atoms with Crippen LogP contribution in [0.5, 0.6) is 5.75 Å². The Bertz CT molecular complexity index is 1510. The molecule has 1 aromatic heterocycles. The molecule has 2 aliphatic rings. The van der Waals surface area contributed by atoms with Crippen molar-refractivity contribution < 1.29 is 32.6 Å². The summed E-state index contributed by atoms with van der Waals surface area (Å²) in [5, 5.41) is 5.57. The number of nitrogens with one attached hydrogen (secondary N) is 2. The maximum atomic E-state index is 14.2. The van der Waals surface area contributed by atoms with Gasteiger partial charge in [0.2, 0.25) is 11.8 Å². The second kappa shape index (κ2) is 15.5. The molecule has 2 aromatic carbocycles. The number of amides is 3. The zero-order valence-corrected chi connectivity index (χ0v) is 27.0. The van der Waals surface area contributed by atoms with Crippen LogP contribution < -0.4 is 15.4 Å². The number of aryl methyl sites for hydroxylation is 2. The molecule has 2 aliphatic heterocycles. The van der Waals surface area contributed by atoms with Gasteiger partial charge >= 0.3 is 0 Å². The molecule has 4 unspecified atom stereocenters. The third kappa shape index (κ3) is 8.52. The van der Waals surface area contributed by atoms with E-state index >= 15 is 0 Å². The van der Waals surface area contributed by atoms with Crippen LogP contribution in [0, 0.1) is 11.6 Å². The largest absolute Gasteiger partial charge is 0.489 e. The molecule has 1 saturated heterocycles. The number of likely N-dealkylation sites (N-methyl/N-ethyl adjacent to an activating group) is 1. The molecule has 47 heavy (non-hydrogen) atoms. The smallest absolute Gasteiger partial charge is 0.274 e. The predicted octanol–water partition coefficient (Wildman–Crippen LogP) is 2.58. The molecule has 0 saturated carbocycles. The minimum Gasteiger partial charge on any atom is -0.489 e. The SMILES string of the molecule is CNCC(=O)NC(C(=O)N1CC(Oc2ccc(F)cc2)CC1CN(CCc1ccc(F)cc1)C(=O)c1cn2c(n1)CCC2)C(C)OC. The van der Waals surface area contributed by atoms with Crippen molar-refractivity contribution in [1.29, 1.82) is 0 Å². The van der Waals surface area contributed by atoms with Crippen molar-refractivity contribution in [2.45, 2.75) is 63.4 Å². The molecule has 2 N–H and O–H groups in total. The monoisotopic (exact) mass is 652 g/mol. The van der Waals surface area contributed by atoms with Gasteiger partial charge in [0, 0.05) is 45.8 Å². The number of benzene rings is 2. The number of carbonyl (C=O) groups is 3. The van der Waals surface area contributed by atoms with E-state index in [9.17, 15) is 23.2 Å². The lowest BCUT2D eigenvalue weighted by molar-refractivity contribution is -0.141. The number of methoxy groups -OCH3 is 1. The molecule has 0 radical (unpaired) electrons. The number of likely N-dealkylation sites (tertiary alicyclic amines) is 1. The van der Waals surface area contributed by atoms with Gasteiger partial charge in [-0.2, -0.15) is 0 Å². The van der Waals surface area contributed by atoms with E-state index in [0.717, 1.165) is 30.8 Å². The third-order valence-electron chi connectivity index (χ3n) is 8.72. The number of carbonyl (C=O) groups excluding carboxylic acids is 3. The molecule has 3 heterocycles. The van der Waals surface area contributed by atoms with E-state index < -0.39 is 30.1 Å². The number of rotatable bonds is 14. The first kappa shape index (κ1) is 34.0. The highest BCUT2D eigenvalue weighted by molar-refractivity contribution is 5.92. The maximum Gasteiger partial charge on any atom is 0.274 e. The summed E-state index contributed by atoms with van der Waals surface area (Å²) < 4.78 is 40.9. The van der Waals surface area contributed by atoms with Crippen molar-refractivity contribution in [3.8, 4) is 5.75 Å². The van der Waals surface area contributed by atoms with Gasteiger partial charge in [0.05, 0.1) is 25.2 Å². The number of nitrogens with zero attached hydrogens (tertiary/aromatic N) is 4. The van der Waals surface area contributed by atoms with Crippen LogP contribution in [0.2, 0.25) is 0 Å². The van der Waals surface area contributed by atoms with Crippen molar-refractivity contribution in [2.75, 3.05) is 40.3 Å². The van der Waals surface area contributed by atoms with Crippen molar-refractivity contribution in [1.82, 2.24) is 30.0 Å².